The monoisotopic (exact) mass is 157 g/mol. The van der Waals surface area contributed by atoms with Crippen LogP contribution in [0.5, 0.6) is 0 Å². The predicted molar refractivity (Wildman–Crippen MR) is 48.1 cm³/mol. The van der Waals surface area contributed by atoms with Crippen LogP contribution in [0.2, 0.25) is 0 Å². The summed E-state index contributed by atoms with van der Waals surface area (Å²) in [7, 11) is 0. The van der Waals surface area contributed by atoms with Crippen LogP contribution >= 0.6 is 0 Å². The highest BCUT2D eigenvalue weighted by molar-refractivity contribution is 4.56. The van der Waals surface area contributed by atoms with Gasteiger partial charge >= 0.3 is 0 Å². The van der Waals surface area contributed by atoms with Gasteiger partial charge in [0.25, 0.3) is 0 Å². The Morgan fingerprint density at radius 3 is 2.18 bits per heavy atom. The molecule has 0 fully saturated rings. The van der Waals surface area contributed by atoms with Crippen LogP contribution in [-0.4, -0.2) is 6.61 Å². The van der Waals surface area contributed by atoms with Crippen LogP contribution in [-0.2, 0) is 5.11 Å². The van der Waals surface area contributed by atoms with E-state index >= 15 is 0 Å². The minimum absolute atomic E-state index is 0.114. The smallest absolute Gasteiger partial charge is 0.0822 e. The summed E-state index contributed by atoms with van der Waals surface area (Å²) >= 11 is 0. The minimum atomic E-state index is 0.114. The van der Waals surface area contributed by atoms with Crippen LogP contribution in [0, 0.1) is 5.92 Å². The largest absolute Gasteiger partial charge is 0.237 e. The summed E-state index contributed by atoms with van der Waals surface area (Å²) in [6.07, 6.45) is 7.22. The molecule has 0 amide bonds. The lowest BCUT2D eigenvalue weighted by atomic mass is 9.95. The van der Waals surface area contributed by atoms with Crippen molar-refractivity contribution >= 4 is 0 Å². The second-order valence-electron chi connectivity index (χ2n) is 3.26. The summed E-state index contributed by atoms with van der Waals surface area (Å²) in [4.78, 5) is 0. The first kappa shape index (κ1) is 11.0. The van der Waals surface area contributed by atoms with Crippen molar-refractivity contribution in [2.45, 2.75) is 52.4 Å². The summed E-state index contributed by atoms with van der Waals surface area (Å²) in [5, 5.41) is 10.2. The van der Waals surface area contributed by atoms with Crippen molar-refractivity contribution in [1.29, 1.82) is 0 Å². The van der Waals surface area contributed by atoms with Gasteiger partial charge in [-0.15, -0.1) is 0 Å². The molecule has 0 aromatic heterocycles. The van der Waals surface area contributed by atoms with E-state index in [9.17, 15) is 5.11 Å². The molecule has 1 radical (unpaired) electrons. The molecule has 0 spiro atoms. The lowest BCUT2D eigenvalue weighted by molar-refractivity contribution is 0.178. The van der Waals surface area contributed by atoms with Crippen molar-refractivity contribution in [3.63, 3.8) is 0 Å². The van der Waals surface area contributed by atoms with Crippen molar-refractivity contribution in [3.05, 3.63) is 0 Å². The minimum Gasteiger partial charge on any atom is -0.237 e. The summed E-state index contributed by atoms with van der Waals surface area (Å²) in [6.45, 7) is 4.56. The number of rotatable bonds is 7. The topological polar surface area (TPSA) is 19.9 Å². The first-order valence-electron chi connectivity index (χ1n) is 4.93. The molecule has 11 heavy (non-hydrogen) atoms. The summed E-state index contributed by atoms with van der Waals surface area (Å²) in [5.74, 6) is 0.823. The van der Waals surface area contributed by atoms with Crippen molar-refractivity contribution in [3.8, 4) is 0 Å². The van der Waals surface area contributed by atoms with Crippen LogP contribution in [0.15, 0.2) is 0 Å². The van der Waals surface area contributed by atoms with E-state index in [2.05, 4.69) is 13.8 Å². The molecule has 1 heteroatoms. The van der Waals surface area contributed by atoms with Gasteiger partial charge < -0.3 is 0 Å². The maximum Gasteiger partial charge on any atom is 0.0822 e. The fourth-order valence-corrected chi connectivity index (χ4v) is 1.42. The highest BCUT2D eigenvalue weighted by atomic mass is 16.2. The zero-order chi connectivity index (χ0) is 8.53. The molecule has 0 saturated carbocycles. The van der Waals surface area contributed by atoms with E-state index in [-0.39, 0.29) is 6.61 Å². The van der Waals surface area contributed by atoms with Gasteiger partial charge in [-0.25, -0.2) is 5.11 Å². The van der Waals surface area contributed by atoms with Gasteiger partial charge in [-0.05, 0) is 18.8 Å². The van der Waals surface area contributed by atoms with Crippen molar-refractivity contribution in [2.75, 3.05) is 6.61 Å². The Hall–Kier alpha value is -0.0400. The molecule has 0 aliphatic carbocycles. The maximum atomic E-state index is 10.2. The third-order valence-electron chi connectivity index (χ3n) is 2.30. The van der Waals surface area contributed by atoms with Gasteiger partial charge in [-0.3, -0.25) is 0 Å². The highest BCUT2D eigenvalue weighted by Gasteiger charge is 2.04. The molecule has 0 saturated heterocycles. The van der Waals surface area contributed by atoms with Crippen molar-refractivity contribution in [1.82, 2.24) is 0 Å². The Morgan fingerprint density at radius 2 is 1.73 bits per heavy atom. The maximum absolute atomic E-state index is 10.2. The fourth-order valence-electron chi connectivity index (χ4n) is 1.42. The van der Waals surface area contributed by atoms with E-state index in [0.717, 1.165) is 18.8 Å². The summed E-state index contributed by atoms with van der Waals surface area (Å²) < 4.78 is 0. The fraction of sp³-hybridized carbons (Fsp3) is 1.00. The molecule has 1 unspecified atom stereocenters. The molecule has 67 valence electrons. The zero-order valence-corrected chi connectivity index (χ0v) is 7.94. The molecule has 0 N–H and O–H groups in total. The molecule has 1 nitrogen and oxygen atoms in total. The van der Waals surface area contributed by atoms with Gasteiger partial charge in [-0.2, -0.15) is 0 Å². The van der Waals surface area contributed by atoms with Gasteiger partial charge in [0.1, 0.15) is 0 Å². The number of unbranched alkanes of at least 4 members (excludes halogenated alkanes) is 1. The van der Waals surface area contributed by atoms with Crippen molar-refractivity contribution in [2.24, 2.45) is 5.92 Å². The van der Waals surface area contributed by atoms with Crippen LogP contribution in [0.3, 0.4) is 0 Å². The number of hydrogen-bond acceptors (Lipinski definition) is 0. The third-order valence-corrected chi connectivity index (χ3v) is 2.30. The molecule has 0 aromatic carbocycles. The Balaban J connectivity index is 3.25. The molecule has 0 bridgehead atoms. The third kappa shape index (κ3) is 6.36. The van der Waals surface area contributed by atoms with E-state index in [1.54, 1.807) is 0 Å². The average Bonchev–Trinajstić information content (AvgIpc) is 2.05. The van der Waals surface area contributed by atoms with Gasteiger partial charge in [0.15, 0.2) is 0 Å². The molecule has 0 rings (SSSR count). The van der Waals surface area contributed by atoms with Gasteiger partial charge in [0, 0.05) is 0 Å². The summed E-state index contributed by atoms with van der Waals surface area (Å²) in [5.41, 5.74) is 0. The van der Waals surface area contributed by atoms with E-state index in [1.165, 1.54) is 25.7 Å². The SMILES string of the molecule is CCCCC(CC)CCC[O]. The molecular formula is C10H21O. The Labute approximate surface area is 70.8 Å². The normalized spacial score (nSPS) is 13.4. The molecule has 0 aromatic rings. The first-order valence-corrected chi connectivity index (χ1v) is 4.93. The number of hydrogen-bond donors (Lipinski definition) is 0. The van der Waals surface area contributed by atoms with Crippen LogP contribution in [0.1, 0.15) is 52.4 Å². The quantitative estimate of drug-likeness (QED) is 0.539. The van der Waals surface area contributed by atoms with E-state index in [1.807, 2.05) is 0 Å². The Bertz CT molecular complexity index is 63.3. The molecule has 0 aliphatic rings. The van der Waals surface area contributed by atoms with Crippen LogP contribution in [0.4, 0.5) is 0 Å². The Kier molecular flexibility index (Phi) is 8.03. The standard InChI is InChI=1S/C10H21O/c1-3-5-7-10(4-2)8-6-9-11/h10H,3-9H2,1-2H3. The van der Waals surface area contributed by atoms with Gasteiger partial charge in [-0.1, -0.05) is 39.5 Å². The van der Waals surface area contributed by atoms with Gasteiger partial charge in [0.05, 0.1) is 6.61 Å². The lowest BCUT2D eigenvalue weighted by Gasteiger charge is -2.12. The van der Waals surface area contributed by atoms with Gasteiger partial charge in [0.2, 0.25) is 0 Å². The average molecular weight is 157 g/mol. The summed E-state index contributed by atoms with van der Waals surface area (Å²) in [6, 6.07) is 0. The second kappa shape index (κ2) is 8.06. The lowest BCUT2D eigenvalue weighted by Crippen LogP contribution is -1.99. The van der Waals surface area contributed by atoms with E-state index < -0.39 is 0 Å². The second-order valence-corrected chi connectivity index (χ2v) is 3.26. The first-order chi connectivity index (χ1) is 5.35. The van der Waals surface area contributed by atoms with Crippen LogP contribution < -0.4 is 0 Å². The molecular weight excluding hydrogens is 136 g/mol. The highest BCUT2D eigenvalue weighted by Crippen LogP contribution is 2.17. The van der Waals surface area contributed by atoms with Crippen LogP contribution in [0.25, 0.3) is 0 Å². The molecule has 1 atom stereocenters. The molecule has 0 aliphatic heterocycles. The molecule has 0 heterocycles. The van der Waals surface area contributed by atoms with E-state index in [4.69, 9.17) is 0 Å². The van der Waals surface area contributed by atoms with E-state index in [0.29, 0.717) is 0 Å². The Morgan fingerprint density at radius 1 is 1.09 bits per heavy atom. The zero-order valence-electron chi connectivity index (χ0n) is 7.94. The van der Waals surface area contributed by atoms with Crippen molar-refractivity contribution < 1.29 is 5.11 Å². The predicted octanol–water partition coefficient (Wildman–Crippen LogP) is 3.41.